The monoisotopic (exact) mass is 321 g/mol. The van der Waals surface area contributed by atoms with E-state index in [1.54, 1.807) is 0 Å². The summed E-state index contributed by atoms with van der Waals surface area (Å²) in [5.74, 6) is 0. The van der Waals surface area contributed by atoms with E-state index in [1.165, 1.54) is 0 Å². The first-order valence-electron chi connectivity index (χ1n) is 0. The van der Waals surface area contributed by atoms with E-state index in [2.05, 4.69) is 0 Å². The van der Waals surface area contributed by atoms with Crippen molar-refractivity contribution in [3.8, 4) is 0 Å². The Morgan fingerprint density at radius 3 is 0.385 bits per heavy atom. The Balaban J connectivity index is 0. The Labute approximate surface area is 122 Å². The molecule has 9 nitrogen and oxygen atoms in total. The van der Waals surface area contributed by atoms with Gasteiger partial charge in [-0.1, -0.05) is 0 Å². The van der Waals surface area contributed by atoms with Gasteiger partial charge in [-0.2, -0.15) is 0 Å². The molecule has 0 rings (SSSR count). The fourth-order valence-corrected chi connectivity index (χ4v) is 0. The summed E-state index contributed by atoms with van der Waals surface area (Å²) in [4.78, 5) is 0. The minimum Gasteiger partial charge on any atom is -0.870 e. The Morgan fingerprint density at radius 1 is 0.385 bits per heavy atom. The van der Waals surface area contributed by atoms with Crippen LogP contribution in [0.5, 0.6) is 0 Å². The SMILES string of the molecule is [Al+3].[Co+2].[Mg+2].[Ni+2].[OH-].[OH-].[OH-].[OH-].[OH-].[OH-].[OH-].[OH-].[OH-]. The minimum atomic E-state index is 0. The van der Waals surface area contributed by atoms with Crippen molar-refractivity contribution in [2.75, 3.05) is 0 Å². The van der Waals surface area contributed by atoms with Gasteiger partial charge in [0.1, 0.15) is 0 Å². The zero-order valence-electron chi connectivity index (χ0n) is 5.96. The summed E-state index contributed by atoms with van der Waals surface area (Å²) in [6.45, 7) is 0. The maximum absolute atomic E-state index is 0. The zero-order valence-corrected chi connectivity index (χ0v) is 10.6. The van der Waals surface area contributed by atoms with E-state index in [-0.39, 0.29) is 123 Å². The van der Waals surface area contributed by atoms with Gasteiger partial charge in [-0.15, -0.1) is 0 Å². The van der Waals surface area contributed by atoms with Crippen molar-refractivity contribution in [1.82, 2.24) is 0 Å². The van der Waals surface area contributed by atoms with Gasteiger partial charge in [-0.25, -0.2) is 0 Å². The molecule has 0 aromatic heterocycles. The molecule has 0 unspecified atom stereocenters. The maximum Gasteiger partial charge on any atom is 3.00 e. The molecule has 0 aliphatic carbocycles. The molecule has 0 saturated heterocycles. The van der Waals surface area contributed by atoms with Crippen LogP contribution in [-0.4, -0.2) is 89.7 Å². The molecular weight excluding hydrogens is 313 g/mol. The van der Waals surface area contributed by atoms with Crippen molar-refractivity contribution in [2.24, 2.45) is 0 Å². The van der Waals surface area contributed by atoms with Crippen LogP contribution in [0.2, 0.25) is 0 Å². The van der Waals surface area contributed by atoms with E-state index in [1.807, 2.05) is 0 Å². The second-order valence-electron chi connectivity index (χ2n) is 0. The third kappa shape index (κ3) is 529. The first-order valence-corrected chi connectivity index (χ1v) is 0. The number of hydrogen-bond donors (Lipinski definition) is 0. The second-order valence-corrected chi connectivity index (χ2v) is 0. The van der Waals surface area contributed by atoms with E-state index in [9.17, 15) is 0 Å². The van der Waals surface area contributed by atoms with Crippen LogP contribution in [0.15, 0.2) is 0 Å². The molecule has 0 aromatic rings. The standard InChI is InChI=1S/Al.Co.Mg.Ni.9H2O/h;;;;9*1H2/q+3;3*+2;;;;;;;;;/p-9. The molecule has 0 saturated carbocycles. The molecule has 9 N–H and O–H groups in total. The second kappa shape index (κ2) is 621. The van der Waals surface area contributed by atoms with Gasteiger partial charge in [0.25, 0.3) is 0 Å². The average molecular weight is 322 g/mol. The molecular formula is H9AlCoMgNiO9. The molecule has 0 amide bonds. The summed E-state index contributed by atoms with van der Waals surface area (Å²) in [7, 11) is 0. The van der Waals surface area contributed by atoms with Gasteiger partial charge in [0.15, 0.2) is 0 Å². The average Bonchev–Trinajstić information content (AvgIpc) is 0. The van der Waals surface area contributed by atoms with Crippen molar-refractivity contribution < 1.29 is 82.6 Å². The van der Waals surface area contributed by atoms with Crippen LogP contribution in [0.1, 0.15) is 0 Å². The molecule has 0 aliphatic rings. The smallest absolute Gasteiger partial charge is 0.870 e. The minimum absolute atomic E-state index is 0. The maximum atomic E-state index is 0. The van der Waals surface area contributed by atoms with E-state index >= 15 is 0 Å². The number of hydrogen-bond acceptors (Lipinski definition) is 9. The van der Waals surface area contributed by atoms with Crippen LogP contribution in [0.25, 0.3) is 0 Å². The Bertz CT molecular complexity index is 19.6. The Morgan fingerprint density at radius 2 is 0.385 bits per heavy atom. The molecule has 0 bridgehead atoms. The van der Waals surface area contributed by atoms with E-state index in [4.69, 9.17) is 0 Å². The van der Waals surface area contributed by atoms with Gasteiger partial charge in [-0.3, -0.25) is 0 Å². The zero-order chi connectivity index (χ0) is 0. The molecule has 1 radical (unpaired) electrons. The summed E-state index contributed by atoms with van der Waals surface area (Å²) in [6.07, 6.45) is 0. The summed E-state index contributed by atoms with van der Waals surface area (Å²) in [6, 6.07) is 0. The van der Waals surface area contributed by atoms with Crippen molar-refractivity contribution in [1.29, 1.82) is 0 Å². The van der Waals surface area contributed by atoms with Crippen LogP contribution >= 0.6 is 0 Å². The third-order valence-electron chi connectivity index (χ3n) is 0. The Hall–Kier alpha value is 1.94. The van der Waals surface area contributed by atoms with Gasteiger partial charge in [-0.05, 0) is 0 Å². The molecule has 13 heteroatoms. The van der Waals surface area contributed by atoms with Crippen molar-refractivity contribution in [3.63, 3.8) is 0 Å². The van der Waals surface area contributed by atoms with Crippen LogP contribution in [0, 0.1) is 0 Å². The van der Waals surface area contributed by atoms with Gasteiger partial charge >= 0.3 is 73.7 Å². The fraction of sp³-hybridized carbons (Fsp3) is 0. The number of rotatable bonds is 0. The van der Waals surface area contributed by atoms with Gasteiger partial charge in [0.2, 0.25) is 0 Å². The van der Waals surface area contributed by atoms with Crippen molar-refractivity contribution in [3.05, 3.63) is 0 Å². The van der Waals surface area contributed by atoms with E-state index in [0.717, 1.165) is 0 Å². The van der Waals surface area contributed by atoms with Gasteiger partial charge < -0.3 is 49.3 Å². The van der Waals surface area contributed by atoms with Gasteiger partial charge in [0, 0.05) is 0 Å². The van der Waals surface area contributed by atoms with Crippen molar-refractivity contribution in [2.45, 2.75) is 0 Å². The topological polar surface area (TPSA) is 270 Å². The first kappa shape index (κ1) is 772. The summed E-state index contributed by atoms with van der Waals surface area (Å²) in [5, 5.41) is 0. The molecule has 0 fully saturated rings. The summed E-state index contributed by atoms with van der Waals surface area (Å²) >= 11 is 0. The largest absolute Gasteiger partial charge is 3.00 e. The molecule has 0 heterocycles. The van der Waals surface area contributed by atoms with Crippen molar-refractivity contribution >= 4 is 40.4 Å². The van der Waals surface area contributed by atoms with Crippen LogP contribution in [0.4, 0.5) is 0 Å². The van der Waals surface area contributed by atoms with Crippen LogP contribution < -0.4 is 0 Å². The first-order chi connectivity index (χ1) is 0. The van der Waals surface area contributed by atoms with Crippen LogP contribution in [0.3, 0.4) is 0 Å². The molecule has 87 valence electrons. The molecule has 0 aliphatic heterocycles. The predicted octanol–water partition coefficient (Wildman–Crippen LogP) is -2.36. The summed E-state index contributed by atoms with van der Waals surface area (Å²) < 4.78 is 0. The molecule has 0 spiro atoms. The summed E-state index contributed by atoms with van der Waals surface area (Å²) in [5.41, 5.74) is 0. The quantitative estimate of drug-likeness (QED) is 0.430. The van der Waals surface area contributed by atoms with E-state index < -0.39 is 0 Å². The predicted molar refractivity (Wildman–Crippen MR) is 28.9 cm³/mol. The fourth-order valence-electron chi connectivity index (χ4n) is 0. The normalized spacial score (nSPS) is 0. The molecule has 0 aromatic carbocycles. The van der Waals surface area contributed by atoms with Crippen LogP contribution in [-0.2, 0) is 33.3 Å². The molecule has 13 heavy (non-hydrogen) atoms. The molecule has 0 atom stereocenters. The Kier molecular flexibility index (Phi) is 36900. The van der Waals surface area contributed by atoms with Gasteiger partial charge in [0.05, 0.1) is 0 Å². The third-order valence-corrected chi connectivity index (χ3v) is 0. The van der Waals surface area contributed by atoms with E-state index in [0.29, 0.717) is 0 Å².